The fourth-order valence-electron chi connectivity index (χ4n) is 2.10. The van der Waals surface area contributed by atoms with Crippen LogP contribution in [0.4, 0.5) is 0 Å². The van der Waals surface area contributed by atoms with Gasteiger partial charge in [-0.05, 0) is 24.7 Å². The predicted molar refractivity (Wildman–Crippen MR) is 70.0 cm³/mol. The van der Waals surface area contributed by atoms with Gasteiger partial charge in [0.05, 0.1) is 0 Å². The van der Waals surface area contributed by atoms with E-state index in [1.807, 2.05) is 18.2 Å². The van der Waals surface area contributed by atoms with E-state index in [0.29, 0.717) is 5.75 Å². The fourth-order valence-corrected chi connectivity index (χ4v) is 2.10. The lowest BCUT2D eigenvalue weighted by atomic mass is 10.1. The molecule has 1 aromatic carbocycles. The van der Waals surface area contributed by atoms with E-state index >= 15 is 0 Å². The van der Waals surface area contributed by atoms with Crippen molar-refractivity contribution in [2.45, 2.75) is 6.54 Å². The van der Waals surface area contributed by atoms with Crippen molar-refractivity contribution >= 4 is 7.32 Å². The summed E-state index contributed by atoms with van der Waals surface area (Å²) in [5, 5.41) is 17.5. The summed E-state index contributed by atoms with van der Waals surface area (Å²) in [6.45, 7) is 5.16. The van der Waals surface area contributed by atoms with Gasteiger partial charge < -0.3 is 19.6 Å². The molecule has 1 heterocycles. The molecule has 0 radical (unpaired) electrons. The lowest BCUT2D eigenvalue weighted by molar-refractivity contribution is 0.148. The first-order valence-corrected chi connectivity index (χ1v) is 6.16. The molecule has 1 aromatic rings. The minimum Gasteiger partial charge on any atom is -0.512 e. The summed E-state index contributed by atoms with van der Waals surface area (Å²) in [7, 11) is 0.373. The molecular formula is C12H19BN2O3. The van der Waals surface area contributed by atoms with Crippen LogP contribution in [0.1, 0.15) is 5.56 Å². The summed E-state index contributed by atoms with van der Waals surface area (Å²) in [5.41, 5.74) is 1.12. The van der Waals surface area contributed by atoms with E-state index in [9.17, 15) is 0 Å². The Bertz CT molecular complexity index is 381. The molecule has 0 unspecified atom stereocenters. The summed E-state index contributed by atoms with van der Waals surface area (Å²) in [5.74, 6) is 0.483. The molecule has 0 amide bonds. The number of nitrogens with zero attached hydrogens (tertiary/aromatic N) is 2. The van der Waals surface area contributed by atoms with E-state index in [2.05, 4.69) is 16.8 Å². The van der Waals surface area contributed by atoms with Gasteiger partial charge in [-0.3, -0.25) is 4.90 Å². The van der Waals surface area contributed by atoms with E-state index in [4.69, 9.17) is 14.7 Å². The Balaban J connectivity index is 1.92. The molecule has 5 nitrogen and oxygen atoms in total. The van der Waals surface area contributed by atoms with Gasteiger partial charge in [-0.25, -0.2) is 0 Å². The van der Waals surface area contributed by atoms with Gasteiger partial charge in [0.2, 0.25) is 0 Å². The highest BCUT2D eigenvalue weighted by Gasteiger charge is 2.15. The smallest absolute Gasteiger partial charge is 0.512 e. The number of rotatable bonds is 4. The first kappa shape index (κ1) is 13.4. The highest BCUT2D eigenvalue weighted by molar-refractivity contribution is 6.33. The molecule has 0 atom stereocenters. The third kappa shape index (κ3) is 3.99. The maximum Gasteiger partial charge on any atom is 0.707 e. The first-order chi connectivity index (χ1) is 8.63. The minimum atomic E-state index is -1.76. The van der Waals surface area contributed by atoms with Crippen molar-refractivity contribution in [3.05, 3.63) is 29.8 Å². The van der Waals surface area contributed by atoms with Crippen molar-refractivity contribution in [2.24, 2.45) is 0 Å². The van der Waals surface area contributed by atoms with Gasteiger partial charge in [-0.2, -0.15) is 0 Å². The fraction of sp³-hybridized carbons (Fsp3) is 0.500. The van der Waals surface area contributed by atoms with Crippen LogP contribution in [0, 0.1) is 0 Å². The second-order valence-corrected chi connectivity index (χ2v) is 4.67. The highest BCUT2D eigenvalue weighted by Crippen LogP contribution is 2.15. The summed E-state index contributed by atoms with van der Waals surface area (Å²) in [4.78, 5) is 4.70. The quantitative estimate of drug-likeness (QED) is 0.724. The molecule has 1 aliphatic rings. The standard InChI is InChI=1S/C12H19BN2O3/c1-14-5-7-15(8-6-14)10-11-3-2-4-12(9-11)18-13(16)17/h2-4,9,16-17H,5-8,10H2,1H3. The molecule has 0 aliphatic carbocycles. The molecular weight excluding hydrogens is 231 g/mol. The Morgan fingerprint density at radius 3 is 2.61 bits per heavy atom. The third-order valence-electron chi connectivity index (χ3n) is 3.14. The summed E-state index contributed by atoms with van der Waals surface area (Å²) in [6.07, 6.45) is 0. The summed E-state index contributed by atoms with van der Waals surface area (Å²) >= 11 is 0. The van der Waals surface area contributed by atoms with Crippen molar-refractivity contribution in [1.29, 1.82) is 0 Å². The van der Waals surface area contributed by atoms with E-state index in [1.165, 1.54) is 0 Å². The van der Waals surface area contributed by atoms with Crippen LogP contribution in [0.25, 0.3) is 0 Å². The maximum absolute atomic E-state index is 8.76. The molecule has 6 heteroatoms. The molecule has 2 rings (SSSR count). The first-order valence-electron chi connectivity index (χ1n) is 6.16. The second kappa shape index (κ2) is 6.20. The van der Waals surface area contributed by atoms with Gasteiger partial charge in [0.25, 0.3) is 0 Å². The molecule has 1 saturated heterocycles. The Hall–Kier alpha value is -1.08. The van der Waals surface area contributed by atoms with Crippen LogP contribution in [-0.4, -0.2) is 60.4 Å². The average molecular weight is 250 g/mol. The zero-order valence-corrected chi connectivity index (χ0v) is 10.6. The van der Waals surface area contributed by atoms with Gasteiger partial charge in [-0.1, -0.05) is 12.1 Å². The van der Waals surface area contributed by atoms with E-state index in [0.717, 1.165) is 38.3 Å². The minimum absolute atomic E-state index is 0.483. The Morgan fingerprint density at radius 2 is 1.94 bits per heavy atom. The van der Waals surface area contributed by atoms with Crippen LogP contribution in [-0.2, 0) is 6.54 Å². The van der Waals surface area contributed by atoms with Crippen molar-refractivity contribution in [1.82, 2.24) is 9.80 Å². The number of hydrogen-bond donors (Lipinski definition) is 2. The lowest BCUT2D eigenvalue weighted by Crippen LogP contribution is -2.43. The topological polar surface area (TPSA) is 56.2 Å². The predicted octanol–water partition coefficient (Wildman–Crippen LogP) is -0.218. The van der Waals surface area contributed by atoms with Crippen molar-refractivity contribution in [3.8, 4) is 5.75 Å². The third-order valence-corrected chi connectivity index (χ3v) is 3.14. The van der Waals surface area contributed by atoms with Crippen LogP contribution in [0.3, 0.4) is 0 Å². The molecule has 18 heavy (non-hydrogen) atoms. The van der Waals surface area contributed by atoms with Crippen LogP contribution >= 0.6 is 0 Å². The van der Waals surface area contributed by atoms with Crippen LogP contribution < -0.4 is 4.65 Å². The summed E-state index contributed by atoms with van der Waals surface area (Å²) in [6, 6.07) is 7.45. The maximum atomic E-state index is 8.76. The number of benzene rings is 1. The zero-order valence-electron chi connectivity index (χ0n) is 10.6. The molecule has 0 bridgehead atoms. The highest BCUT2D eigenvalue weighted by atomic mass is 16.6. The monoisotopic (exact) mass is 250 g/mol. The normalized spacial score (nSPS) is 17.7. The zero-order chi connectivity index (χ0) is 13.0. The lowest BCUT2D eigenvalue weighted by Gasteiger charge is -2.32. The molecule has 1 aliphatic heterocycles. The van der Waals surface area contributed by atoms with Gasteiger partial charge in [0, 0.05) is 32.7 Å². The Kier molecular flexibility index (Phi) is 4.60. The second-order valence-electron chi connectivity index (χ2n) is 4.67. The van der Waals surface area contributed by atoms with E-state index in [1.54, 1.807) is 6.07 Å². The molecule has 0 spiro atoms. The van der Waals surface area contributed by atoms with Gasteiger partial charge >= 0.3 is 7.32 Å². The van der Waals surface area contributed by atoms with Gasteiger partial charge in [0.1, 0.15) is 5.75 Å². The SMILES string of the molecule is CN1CCN(Cc2cccc(OB(O)O)c2)CC1. The van der Waals surface area contributed by atoms with E-state index < -0.39 is 7.32 Å². The Labute approximate surface area is 108 Å². The van der Waals surface area contributed by atoms with Gasteiger partial charge in [-0.15, -0.1) is 0 Å². The molecule has 0 saturated carbocycles. The average Bonchev–Trinajstić information content (AvgIpc) is 2.32. The molecule has 0 aromatic heterocycles. The largest absolute Gasteiger partial charge is 0.707 e. The van der Waals surface area contributed by atoms with Crippen LogP contribution in [0.2, 0.25) is 0 Å². The molecule has 2 N–H and O–H groups in total. The molecule has 98 valence electrons. The molecule has 1 fully saturated rings. The number of likely N-dealkylation sites (N-methyl/N-ethyl adjacent to an activating group) is 1. The van der Waals surface area contributed by atoms with Crippen molar-refractivity contribution in [2.75, 3.05) is 33.2 Å². The van der Waals surface area contributed by atoms with E-state index in [-0.39, 0.29) is 0 Å². The van der Waals surface area contributed by atoms with Crippen LogP contribution in [0.15, 0.2) is 24.3 Å². The Morgan fingerprint density at radius 1 is 1.22 bits per heavy atom. The number of hydrogen-bond acceptors (Lipinski definition) is 5. The van der Waals surface area contributed by atoms with Crippen LogP contribution in [0.5, 0.6) is 5.75 Å². The van der Waals surface area contributed by atoms with Crippen molar-refractivity contribution in [3.63, 3.8) is 0 Å². The van der Waals surface area contributed by atoms with Gasteiger partial charge in [0.15, 0.2) is 0 Å². The number of piperazine rings is 1. The van der Waals surface area contributed by atoms with Crippen molar-refractivity contribution < 1.29 is 14.7 Å². The summed E-state index contributed by atoms with van der Waals surface area (Å²) < 4.78 is 4.85.